The van der Waals surface area contributed by atoms with Crippen molar-refractivity contribution in [3.05, 3.63) is 40.8 Å². The Morgan fingerprint density at radius 3 is 2.56 bits per heavy atom. The molecule has 4 nitrogen and oxygen atoms in total. The number of fused-ring (bicyclic) bond motifs is 1. The fraction of sp³-hybridized carbons (Fsp3) is 0.286. The van der Waals surface area contributed by atoms with Crippen LogP contribution < -0.4 is 10.9 Å². The molecule has 1 aromatic carbocycles. The highest BCUT2D eigenvalue weighted by atomic mass is 16.4. The summed E-state index contributed by atoms with van der Waals surface area (Å²) >= 11 is 0. The van der Waals surface area contributed by atoms with Crippen molar-refractivity contribution in [3.8, 4) is 0 Å². The second-order valence-corrected chi connectivity index (χ2v) is 5.21. The number of carbonyl (C=O) groups is 1. The van der Waals surface area contributed by atoms with Crippen LogP contribution in [0, 0.1) is 5.41 Å². The summed E-state index contributed by atoms with van der Waals surface area (Å²) in [6.45, 7) is 5.55. The lowest BCUT2D eigenvalue weighted by atomic mass is 9.95. The molecule has 0 radical (unpaired) electrons. The Hall–Kier alpha value is -2.10. The zero-order valence-corrected chi connectivity index (χ0v) is 10.6. The molecule has 0 unspecified atom stereocenters. The molecule has 0 bridgehead atoms. The molecule has 0 aliphatic heterocycles. The molecule has 2 rings (SSSR count). The van der Waals surface area contributed by atoms with Crippen molar-refractivity contribution in [2.75, 3.05) is 5.32 Å². The summed E-state index contributed by atoms with van der Waals surface area (Å²) in [6, 6.07) is 8.21. The summed E-state index contributed by atoms with van der Waals surface area (Å²) in [5, 5.41) is 3.61. The van der Waals surface area contributed by atoms with E-state index in [4.69, 9.17) is 4.42 Å². The van der Waals surface area contributed by atoms with Crippen molar-refractivity contribution in [1.29, 1.82) is 0 Å². The van der Waals surface area contributed by atoms with E-state index in [9.17, 15) is 9.59 Å². The quantitative estimate of drug-likeness (QED) is 0.786. The van der Waals surface area contributed by atoms with E-state index in [1.54, 1.807) is 24.3 Å². The molecule has 0 aliphatic carbocycles. The van der Waals surface area contributed by atoms with Crippen molar-refractivity contribution in [2.45, 2.75) is 20.8 Å². The summed E-state index contributed by atoms with van der Waals surface area (Å²) in [5.41, 5.74) is 0.375. The van der Waals surface area contributed by atoms with Gasteiger partial charge in [-0.05, 0) is 24.3 Å². The van der Waals surface area contributed by atoms with Gasteiger partial charge in [0.15, 0.2) is 0 Å². The van der Waals surface area contributed by atoms with Gasteiger partial charge in [0.05, 0.1) is 0 Å². The molecule has 1 heterocycles. The third kappa shape index (κ3) is 2.59. The molecule has 0 aliphatic rings. The Kier molecular flexibility index (Phi) is 2.95. The molecule has 1 aromatic heterocycles. The lowest BCUT2D eigenvalue weighted by Crippen LogP contribution is -2.27. The predicted molar refractivity (Wildman–Crippen MR) is 70.6 cm³/mol. The van der Waals surface area contributed by atoms with E-state index in [1.165, 1.54) is 6.07 Å². The van der Waals surface area contributed by atoms with Gasteiger partial charge in [-0.25, -0.2) is 4.79 Å². The summed E-state index contributed by atoms with van der Waals surface area (Å²) in [6.07, 6.45) is 0. The molecule has 1 N–H and O–H groups in total. The first-order valence-corrected chi connectivity index (χ1v) is 5.72. The molecule has 0 atom stereocenters. The van der Waals surface area contributed by atoms with Crippen molar-refractivity contribution in [3.63, 3.8) is 0 Å². The molecule has 0 spiro atoms. The Labute approximate surface area is 105 Å². The van der Waals surface area contributed by atoms with Crippen LogP contribution >= 0.6 is 0 Å². The van der Waals surface area contributed by atoms with Gasteiger partial charge >= 0.3 is 5.63 Å². The smallest absolute Gasteiger partial charge is 0.336 e. The van der Waals surface area contributed by atoms with E-state index in [0.717, 1.165) is 5.39 Å². The maximum atomic E-state index is 11.8. The van der Waals surface area contributed by atoms with E-state index < -0.39 is 5.41 Å². The number of benzene rings is 1. The summed E-state index contributed by atoms with van der Waals surface area (Å²) in [4.78, 5) is 22.9. The fourth-order valence-electron chi connectivity index (χ4n) is 1.47. The topological polar surface area (TPSA) is 59.3 Å². The minimum atomic E-state index is -0.446. The molecule has 1 amide bonds. The number of nitrogens with one attached hydrogen (secondary N) is 1. The van der Waals surface area contributed by atoms with Gasteiger partial charge < -0.3 is 9.73 Å². The second-order valence-electron chi connectivity index (χ2n) is 5.21. The van der Waals surface area contributed by atoms with Crippen molar-refractivity contribution in [1.82, 2.24) is 0 Å². The molecule has 94 valence electrons. The van der Waals surface area contributed by atoms with Gasteiger partial charge in [0.2, 0.25) is 5.91 Å². The maximum Gasteiger partial charge on any atom is 0.336 e. The first-order chi connectivity index (χ1) is 8.36. The summed E-state index contributed by atoms with van der Waals surface area (Å²) in [5.74, 6) is -0.0563. The van der Waals surface area contributed by atoms with Crippen LogP contribution in [0.5, 0.6) is 0 Å². The van der Waals surface area contributed by atoms with E-state index in [2.05, 4.69) is 5.32 Å². The minimum Gasteiger partial charge on any atom is -0.423 e. The van der Waals surface area contributed by atoms with Crippen LogP contribution in [-0.4, -0.2) is 5.91 Å². The van der Waals surface area contributed by atoms with Crippen molar-refractivity contribution in [2.24, 2.45) is 5.41 Å². The number of carbonyl (C=O) groups excluding carboxylic acids is 1. The normalized spacial score (nSPS) is 11.5. The highest BCUT2D eigenvalue weighted by Crippen LogP contribution is 2.21. The van der Waals surface area contributed by atoms with Crippen molar-refractivity contribution >= 4 is 22.6 Å². The van der Waals surface area contributed by atoms with Crippen LogP contribution in [0.1, 0.15) is 20.8 Å². The Bertz CT molecular complexity index is 650. The van der Waals surface area contributed by atoms with Crippen LogP contribution in [0.25, 0.3) is 11.0 Å². The Morgan fingerprint density at radius 2 is 1.89 bits per heavy atom. The van der Waals surface area contributed by atoms with Crippen LogP contribution in [0.15, 0.2) is 39.5 Å². The lowest BCUT2D eigenvalue weighted by molar-refractivity contribution is -0.123. The van der Waals surface area contributed by atoms with E-state index >= 15 is 0 Å². The van der Waals surface area contributed by atoms with Crippen LogP contribution in [0.3, 0.4) is 0 Å². The standard InChI is InChI=1S/C14H15NO3/c1-14(2,3)13(17)15-10-5-6-11-9(8-10)4-7-12(16)18-11/h4-8H,1-3H3,(H,15,17). The van der Waals surface area contributed by atoms with Gasteiger partial charge in [-0.3, -0.25) is 4.79 Å². The number of rotatable bonds is 1. The van der Waals surface area contributed by atoms with Gasteiger partial charge in [-0.2, -0.15) is 0 Å². The number of hydrogen-bond donors (Lipinski definition) is 1. The van der Waals surface area contributed by atoms with Crippen LogP contribution in [-0.2, 0) is 4.79 Å². The summed E-state index contributed by atoms with van der Waals surface area (Å²) < 4.78 is 5.02. The number of anilines is 1. The second kappa shape index (κ2) is 4.29. The highest BCUT2D eigenvalue weighted by Gasteiger charge is 2.21. The van der Waals surface area contributed by atoms with Crippen LogP contribution in [0.2, 0.25) is 0 Å². The highest BCUT2D eigenvalue weighted by molar-refractivity contribution is 5.96. The van der Waals surface area contributed by atoms with Gasteiger partial charge in [0.1, 0.15) is 5.58 Å². The van der Waals surface area contributed by atoms with Gasteiger partial charge in [0.25, 0.3) is 0 Å². The molecule has 18 heavy (non-hydrogen) atoms. The number of hydrogen-bond acceptors (Lipinski definition) is 3. The molecule has 0 fully saturated rings. The molecular formula is C14H15NO3. The zero-order chi connectivity index (χ0) is 13.3. The average molecular weight is 245 g/mol. The van der Waals surface area contributed by atoms with Crippen molar-refractivity contribution < 1.29 is 9.21 Å². The fourth-order valence-corrected chi connectivity index (χ4v) is 1.47. The monoisotopic (exact) mass is 245 g/mol. The van der Waals surface area contributed by atoms with Gasteiger partial charge in [-0.1, -0.05) is 20.8 Å². The molecule has 0 saturated heterocycles. The van der Waals surface area contributed by atoms with E-state index in [1.807, 2.05) is 20.8 Å². The third-order valence-corrected chi connectivity index (χ3v) is 2.56. The molecular weight excluding hydrogens is 230 g/mol. The van der Waals surface area contributed by atoms with Crippen LogP contribution in [0.4, 0.5) is 5.69 Å². The minimum absolute atomic E-state index is 0.0563. The lowest BCUT2D eigenvalue weighted by Gasteiger charge is -2.17. The van der Waals surface area contributed by atoms with Gasteiger partial charge in [-0.15, -0.1) is 0 Å². The molecule has 0 saturated carbocycles. The zero-order valence-electron chi connectivity index (χ0n) is 10.6. The molecule has 4 heteroatoms. The third-order valence-electron chi connectivity index (χ3n) is 2.56. The average Bonchev–Trinajstić information content (AvgIpc) is 2.28. The predicted octanol–water partition coefficient (Wildman–Crippen LogP) is 2.78. The first kappa shape index (κ1) is 12.4. The maximum absolute atomic E-state index is 11.8. The number of amides is 1. The largest absolute Gasteiger partial charge is 0.423 e. The van der Waals surface area contributed by atoms with Gasteiger partial charge in [0, 0.05) is 22.6 Å². The van der Waals surface area contributed by atoms with E-state index in [-0.39, 0.29) is 11.5 Å². The molecule has 2 aromatic rings. The van der Waals surface area contributed by atoms with E-state index in [0.29, 0.717) is 11.3 Å². The SMILES string of the molecule is CC(C)(C)C(=O)Nc1ccc2oc(=O)ccc2c1. The Morgan fingerprint density at radius 1 is 1.17 bits per heavy atom. The first-order valence-electron chi connectivity index (χ1n) is 5.72. The summed E-state index contributed by atoms with van der Waals surface area (Å²) in [7, 11) is 0. The Balaban J connectivity index is 2.34.